The fourth-order valence-electron chi connectivity index (χ4n) is 4.06. The van der Waals surface area contributed by atoms with Gasteiger partial charge in [-0.25, -0.2) is 0 Å². The number of halogens is 1. The Hall–Kier alpha value is -3.62. The average Bonchev–Trinajstić information content (AvgIpc) is 3.00. The van der Waals surface area contributed by atoms with Gasteiger partial charge in [-0.3, -0.25) is 4.79 Å². The normalized spacial score (nSPS) is 17.6. The number of thioether (sulfide) groups is 1. The average molecular weight is 488 g/mol. The van der Waals surface area contributed by atoms with Crippen molar-refractivity contribution >= 4 is 40.6 Å². The molecule has 0 bridgehead atoms. The number of hydrogen-bond acceptors (Lipinski definition) is 7. The highest BCUT2D eigenvalue weighted by Crippen LogP contribution is 2.47. The number of rotatable bonds is 3. The van der Waals surface area contributed by atoms with Crippen LogP contribution in [-0.4, -0.2) is 21.1 Å². The zero-order valence-electron chi connectivity index (χ0n) is 18.0. The molecule has 0 unspecified atom stereocenters. The second-order valence-electron chi connectivity index (χ2n) is 8.12. The van der Waals surface area contributed by atoms with Crippen molar-refractivity contribution < 1.29 is 9.53 Å². The topological polar surface area (TPSA) is 89.0 Å². The quantitative estimate of drug-likeness (QED) is 0.374. The fourth-order valence-corrected chi connectivity index (χ4v) is 4.97. The molecule has 0 saturated carbocycles. The molecule has 9 heteroatoms. The van der Waals surface area contributed by atoms with E-state index in [4.69, 9.17) is 16.3 Å². The molecule has 0 aliphatic carbocycles. The number of carbonyl (C=O) groups is 1. The second kappa shape index (κ2) is 8.00. The van der Waals surface area contributed by atoms with Crippen molar-refractivity contribution in [1.29, 1.82) is 0 Å². The number of aryl methyl sites for hydroxylation is 1. The van der Waals surface area contributed by atoms with Crippen molar-refractivity contribution in [3.63, 3.8) is 0 Å². The van der Waals surface area contributed by atoms with E-state index in [2.05, 4.69) is 57.0 Å². The molecule has 34 heavy (non-hydrogen) atoms. The van der Waals surface area contributed by atoms with Crippen LogP contribution in [0.2, 0.25) is 5.02 Å². The highest BCUT2D eigenvalue weighted by atomic mass is 35.5. The van der Waals surface area contributed by atoms with Crippen LogP contribution in [0.5, 0.6) is 5.88 Å². The van der Waals surface area contributed by atoms with Crippen LogP contribution in [0.3, 0.4) is 0 Å². The number of ether oxygens (including phenoxy) is 1. The van der Waals surface area contributed by atoms with E-state index in [0.29, 0.717) is 38.6 Å². The molecule has 3 aromatic carbocycles. The largest absolute Gasteiger partial charge is 0.435 e. The summed E-state index contributed by atoms with van der Waals surface area (Å²) in [5, 5.41) is 15.9. The van der Waals surface area contributed by atoms with Crippen LogP contribution in [0.25, 0.3) is 11.3 Å². The molecule has 7 nitrogen and oxygen atoms in total. The first kappa shape index (κ1) is 20.9. The summed E-state index contributed by atoms with van der Waals surface area (Å²) in [6, 6.07) is 21.0. The Morgan fingerprint density at radius 1 is 1.03 bits per heavy atom. The Labute approximate surface area is 204 Å². The van der Waals surface area contributed by atoms with E-state index in [1.54, 1.807) is 18.2 Å². The third-order valence-corrected chi connectivity index (χ3v) is 6.94. The van der Waals surface area contributed by atoms with E-state index >= 15 is 0 Å². The summed E-state index contributed by atoms with van der Waals surface area (Å²) < 4.78 is 6.38. The lowest BCUT2D eigenvalue weighted by molar-refractivity contribution is -0.128. The van der Waals surface area contributed by atoms with Gasteiger partial charge in [0, 0.05) is 22.0 Å². The summed E-state index contributed by atoms with van der Waals surface area (Å²) in [5.74, 6) is 0.543. The minimum absolute atomic E-state index is 0.224. The Balaban J connectivity index is 1.44. The number of carbonyl (C=O) groups excluding carboxylic acids is 1. The summed E-state index contributed by atoms with van der Waals surface area (Å²) in [5.41, 5.74) is 3.90. The minimum Gasteiger partial charge on any atom is -0.435 e. The van der Waals surface area contributed by atoms with Crippen LogP contribution in [-0.2, 0) is 16.3 Å². The molecule has 2 N–H and O–H groups in total. The van der Waals surface area contributed by atoms with Gasteiger partial charge >= 0.3 is 0 Å². The van der Waals surface area contributed by atoms with Gasteiger partial charge in [-0.1, -0.05) is 71.4 Å². The van der Waals surface area contributed by atoms with Gasteiger partial charge in [0.05, 0.1) is 11.3 Å². The van der Waals surface area contributed by atoms with E-state index < -0.39 is 5.72 Å². The maximum atomic E-state index is 13.3. The predicted molar refractivity (Wildman–Crippen MR) is 132 cm³/mol. The molecule has 6 rings (SSSR count). The molecule has 1 aromatic heterocycles. The lowest BCUT2D eigenvalue weighted by Gasteiger charge is -2.28. The molecule has 2 aliphatic rings. The van der Waals surface area contributed by atoms with E-state index in [1.165, 1.54) is 17.3 Å². The number of para-hydroxylation sites is 1. The maximum absolute atomic E-state index is 13.3. The van der Waals surface area contributed by atoms with E-state index in [1.807, 2.05) is 24.3 Å². The van der Waals surface area contributed by atoms with Gasteiger partial charge in [-0.15, -0.1) is 10.2 Å². The summed E-state index contributed by atoms with van der Waals surface area (Å²) >= 11 is 7.74. The molecule has 0 radical (unpaired) electrons. The Bertz CT molecular complexity index is 1450. The van der Waals surface area contributed by atoms with Crippen molar-refractivity contribution in [2.75, 3.05) is 10.6 Å². The second-order valence-corrected chi connectivity index (χ2v) is 9.50. The minimum atomic E-state index is -1.55. The number of amides is 1. The van der Waals surface area contributed by atoms with E-state index in [-0.39, 0.29) is 11.8 Å². The van der Waals surface area contributed by atoms with Crippen molar-refractivity contribution in [3.05, 3.63) is 88.4 Å². The number of fused-ring (bicyclic) bond motifs is 5. The zero-order chi connectivity index (χ0) is 23.3. The molecule has 0 saturated heterocycles. The number of nitrogens with one attached hydrogen (secondary N) is 2. The van der Waals surface area contributed by atoms with Crippen LogP contribution < -0.4 is 15.4 Å². The third kappa shape index (κ3) is 3.46. The van der Waals surface area contributed by atoms with Crippen LogP contribution >= 0.6 is 23.4 Å². The van der Waals surface area contributed by atoms with Crippen LogP contribution in [0.15, 0.2) is 71.9 Å². The summed E-state index contributed by atoms with van der Waals surface area (Å²) in [6.07, 6.45) is 0. The van der Waals surface area contributed by atoms with Gasteiger partial charge in [0.25, 0.3) is 11.6 Å². The lowest BCUT2D eigenvalue weighted by Crippen LogP contribution is -2.47. The number of hydrogen-bond donors (Lipinski definition) is 2. The Morgan fingerprint density at radius 3 is 2.71 bits per heavy atom. The summed E-state index contributed by atoms with van der Waals surface area (Å²) in [6.45, 7) is 2.06. The van der Waals surface area contributed by atoms with Crippen molar-refractivity contribution in [2.45, 2.75) is 23.6 Å². The van der Waals surface area contributed by atoms with Gasteiger partial charge in [-0.05, 0) is 36.8 Å². The van der Waals surface area contributed by atoms with E-state index in [0.717, 1.165) is 11.1 Å². The predicted octanol–water partition coefficient (Wildman–Crippen LogP) is 5.40. The van der Waals surface area contributed by atoms with Crippen molar-refractivity contribution in [3.8, 4) is 17.1 Å². The van der Waals surface area contributed by atoms with Gasteiger partial charge in [0.15, 0.2) is 5.69 Å². The van der Waals surface area contributed by atoms with E-state index in [9.17, 15) is 4.79 Å². The van der Waals surface area contributed by atoms with Gasteiger partial charge in [0.1, 0.15) is 0 Å². The zero-order valence-corrected chi connectivity index (χ0v) is 19.6. The Morgan fingerprint density at radius 2 is 1.85 bits per heavy atom. The molecule has 4 aromatic rings. The lowest BCUT2D eigenvalue weighted by atomic mass is 10.0. The van der Waals surface area contributed by atoms with Gasteiger partial charge in [0.2, 0.25) is 11.0 Å². The van der Waals surface area contributed by atoms with Crippen LogP contribution in [0.1, 0.15) is 16.7 Å². The first-order valence-corrected chi connectivity index (χ1v) is 12.0. The summed E-state index contributed by atoms with van der Waals surface area (Å²) in [4.78, 5) is 18.0. The Kier molecular flexibility index (Phi) is 4.93. The number of anilines is 2. The monoisotopic (exact) mass is 487 g/mol. The molecule has 1 spiro atoms. The van der Waals surface area contributed by atoms with Gasteiger partial charge < -0.3 is 15.4 Å². The SMILES string of the molecule is Cc1ccc(CSc2nnc3c(n2)O[C@]2(Nc4ccccc4-3)C(=O)Nc3ccc(Cl)cc32)cc1. The first-order chi connectivity index (χ1) is 16.5. The summed E-state index contributed by atoms with van der Waals surface area (Å²) in [7, 11) is 0. The standard InChI is InChI=1S/C25H18ClN5O2S/c1-14-6-8-15(9-7-14)13-34-24-28-22-21(30-31-24)17-4-2-3-5-19(17)29-25(33-22)18-12-16(26)10-11-20(18)27-23(25)32/h2-12,29H,13H2,1H3,(H,27,32)/t25-/m0/s1. The first-order valence-electron chi connectivity index (χ1n) is 10.6. The van der Waals surface area contributed by atoms with Crippen LogP contribution in [0, 0.1) is 6.92 Å². The van der Waals surface area contributed by atoms with Gasteiger partial charge in [-0.2, -0.15) is 4.98 Å². The fraction of sp³-hybridized carbons (Fsp3) is 0.120. The molecule has 168 valence electrons. The number of aromatic nitrogens is 3. The molecule has 0 fully saturated rings. The van der Waals surface area contributed by atoms with Crippen LogP contribution in [0.4, 0.5) is 11.4 Å². The molecule has 1 amide bonds. The third-order valence-electron chi connectivity index (χ3n) is 5.80. The molecular weight excluding hydrogens is 470 g/mol. The highest BCUT2D eigenvalue weighted by Gasteiger charge is 2.52. The number of nitrogens with zero attached hydrogens (tertiary/aromatic N) is 3. The maximum Gasteiger partial charge on any atom is 0.295 e. The highest BCUT2D eigenvalue weighted by molar-refractivity contribution is 7.98. The van der Waals surface area contributed by atoms with Crippen molar-refractivity contribution in [2.24, 2.45) is 0 Å². The smallest absolute Gasteiger partial charge is 0.295 e. The molecular formula is C25H18ClN5O2S. The molecule has 3 heterocycles. The number of benzene rings is 3. The molecule has 1 atom stereocenters. The molecule has 2 aliphatic heterocycles. The van der Waals surface area contributed by atoms with Crippen molar-refractivity contribution in [1.82, 2.24) is 15.2 Å².